The lowest BCUT2D eigenvalue weighted by atomic mass is 10.2. The Kier molecular flexibility index (Phi) is 2.97. The molecule has 2 aromatic rings. The van der Waals surface area contributed by atoms with Crippen molar-refractivity contribution in [2.24, 2.45) is 4.99 Å². The highest BCUT2D eigenvalue weighted by atomic mass is 32.2. The van der Waals surface area contributed by atoms with Crippen molar-refractivity contribution in [3.8, 4) is 0 Å². The van der Waals surface area contributed by atoms with E-state index in [9.17, 15) is 4.79 Å². The van der Waals surface area contributed by atoms with Gasteiger partial charge in [0.1, 0.15) is 10.0 Å². The molecule has 1 amide bonds. The summed E-state index contributed by atoms with van der Waals surface area (Å²) < 4.78 is 0.796. The first kappa shape index (κ1) is 11.6. The molecule has 1 aliphatic rings. The minimum absolute atomic E-state index is 0.164. The van der Waals surface area contributed by atoms with Gasteiger partial charge >= 0.3 is 0 Å². The lowest BCUT2D eigenvalue weighted by Gasteiger charge is -1.94. The quantitative estimate of drug-likeness (QED) is 0.813. The van der Waals surface area contributed by atoms with Crippen LogP contribution in [0.1, 0.15) is 5.56 Å². The van der Waals surface area contributed by atoms with E-state index in [1.165, 1.54) is 23.5 Å². The first-order valence-corrected chi connectivity index (χ1v) is 7.31. The molecule has 2 aromatic heterocycles. The summed E-state index contributed by atoms with van der Waals surface area (Å²) in [4.78, 5) is 23.6. The predicted octanol–water partition coefficient (Wildman–Crippen LogP) is 2.90. The van der Waals surface area contributed by atoms with Gasteiger partial charge in [0.05, 0.1) is 4.91 Å². The number of nitrogens with zero attached hydrogens (tertiary/aromatic N) is 2. The van der Waals surface area contributed by atoms with Crippen LogP contribution in [-0.4, -0.2) is 26.5 Å². The van der Waals surface area contributed by atoms with Crippen LogP contribution < -0.4 is 0 Å². The maximum atomic E-state index is 11.7. The summed E-state index contributed by atoms with van der Waals surface area (Å²) in [5.41, 5.74) is 1.79. The third-order valence-electron chi connectivity index (χ3n) is 2.55. The molecule has 0 saturated heterocycles. The molecule has 3 heterocycles. The highest BCUT2D eigenvalue weighted by Crippen LogP contribution is 2.33. The molecule has 3 rings (SSSR count). The topological polar surface area (TPSA) is 58.1 Å². The van der Waals surface area contributed by atoms with Crippen molar-refractivity contribution in [2.45, 2.75) is 0 Å². The number of carbonyl (C=O) groups excluding carboxylic acids is 1. The fourth-order valence-electron chi connectivity index (χ4n) is 1.71. The van der Waals surface area contributed by atoms with Crippen LogP contribution in [0.3, 0.4) is 0 Å². The number of aliphatic imine (C=N–C) groups is 1. The Morgan fingerprint density at radius 2 is 2.39 bits per heavy atom. The smallest absolute Gasteiger partial charge is 0.285 e. The second-order valence-corrected chi connectivity index (χ2v) is 5.73. The first-order valence-electron chi connectivity index (χ1n) is 5.26. The Bertz CT molecular complexity index is 687. The Morgan fingerprint density at radius 1 is 1.50 bits per heavy atom. The van der Waals surface area contributed by atoms with Gasteiger partial charge in [0.15, 0.2) is 0 Å². The zero-order valence-corrected chi connectivity index (χ0v) is 11.1. The second-order valence-electron chi connectivity index (χ2n) is 3.64. The number of aromatic amines is 1. The molecular formula is C12H9N3OS2. The van der Waals surface area contributed by atoms with Crippen molar-refractivity contribution >= 4 is 50.9 Å². The summed E-state index contributed by atoms with van der Waals surface area (Å²) in [5, 5.41) is 1.01. The molecule has 6 heteroatoms. The second kappa shape index (κ2) is 4.62. The van der Waals surface area contributed by atoms with Gasteiger partial charge in [-0.25, -0.2) is 4.98 Å². The Labute approximate surface area is 112 Å². The van der Waals surface area contributed by atoms with E-state index in [2.05, 4.69) is 15.0 Å². The van der Waals surface area contributed by atoms with Crippen LogP contribution in [0, 0.1) is 0 Å². The maximum absolute atomic E-state index is 11.7. The summed E-state index contributed by atoms with van der Waals surface area (Å²) in [6.07, 6.45) is 7.37. The normalized spacial score (nSPS) is 17.7. The van der Waals surface area contributed by atoms with Crippen LogP contribution in [-0.2, 0) is 4.79 Å². The van der Waals surface area contributed by atoms with E-state index < -0.39 is 0 Å². The Hall–Kier alpha value is -1.53. The van der Waals surface area contributed by atoms with Gasteiger partial charge < -0.3 is 4.98 Å². The molecule has 0 aliphatic carbocycles. The van der Waals surface area contributed by atoms with E-state index in [4.69, 9.17) is 0 Å². The van der Waals surface area contributed by atoms with Crippen molar-refractivity contribution in [3.63, 3.8) is 0 Å². The number of pyridine rings is 1. The van der Waals surface area contributed by atoms with Crippen LogP contribution >= 0.6 is 23.5 Å². The van der Waals surface area contributed by atoms with E-state index in [1.54, 1.807) is 6.20 Å². The van der Waals surface area contributed by atoms with Crippen molar-refractivity contribution in [3.05, 3.63) is 35.0 Å². The Balaban J connectivity index is 2.00. The summed E-state index contributed by atoms with van der Waals surface area (Å²) in [6, 6.07) is 3.86. The number of carbonyl (C=O) groups is 1. The standard InChI is InChI=1S/C12H9N3OS2/c1-17-12-15-11(16)9(18-12)5-7-6-14-10-8(7)3-2-4-13-10/h2-6H,1H3,(H,13,14)/b9-5-. The molecule has 4 nitrogen and oxygen atoms in total. The Morgan fingerprint density at radius 3 is 3.17 bits per heavy atom. The third kappa shape index (κ3) is 1.97. The van der Waals surface area contributed by atoms with Crippen LogP contribution in [0.25, 0.3) is 17.1 Å². The van der Waals surface area contributed by atoms with E-state index in [1.807, 2.05) is 30.7 Å². The number of fused-ring (bicyclic) bond motifs is 1. The number of nitrogens with one attached hydrogen (secondary N) is 1. The van der Waals surface area contributed by atoms with E-state index in [0.717, 1.165) is 21.0 Å². The molecule has 0 atom stereocenters. The fraction of sp³-hybridized carbons (Fsp3) is 0.0833. The number of rotatable bonds is 1. The summed E-state index contributed by atoms with van der Waals surface area (Å²) in [6.45, 7) is 0. The predicted molar refractivity (Wildman–Crippen MR) is 77.6 cm³/mol. The van der Waals surface area contributed by atoms with Gasteiger partial charge in [-0.05, 0) is 24.5 Å². The van der Waals surface area contributed by atoms with Gasteiger partial charge in [-0.1, -0.05) is 11.8 Å². The summed E-state index contributed by atoms with van der Waals surface area (Å²) in [7, 11) is 0. The molecule has 1 aliphatic heterocycles. The molecule has 0 unspecified atom stereocenters. The number of hydrogen-bond acceptors (Lipinski definition) is 4. The first-order chi connectivity index (χ1) is 8.78. The van der Waals surface area contributed by atoms with Gasteiger partial charge in [0.2, 0.25) is 0 Å². The lowest BCUT2D eigenvalue weighted by Crippen LogP contribution is -1.87. The van der Waals surface area contributed by atoms with Crippen LogP contribution in [0.2, 0.25) is 0 Å². The molecule has 0 bridgehead atoms. The monoisotopic (exact) mass is 275 g/mol. The summed E-state index contributed by atoms with van der Waals surface area (Å²) >= 11 is 2.90. The molecule has 0 spiro atoms. The maximum Gasteiger partial charge on any atom is 0.285 e. The van der Waals surface area contributed by atoms with Crippen molar-refractivity contribution in [1.29, 1.82) is 0 Å². The zero-order chi connectivity index (χ0) is 12.5. The average molecular weight is 275 g/mol. The largest absolute Gasteiger partial charge is 0.346 e. The van der Waals surface area contributed by atoms with Crippen LogP contribution in [0.4, 0.5) is 0 Å². The third-order valence-corrected chi connectivity index (χ3v) is 4.51. The molecule has 1 N–H and O–H groups in total. The molecule has 0 aromatic carbocycles. The molecule has 90 valence electrons. The minimum Gasteiger partial charge on any atom is -0.346 e. The van der Waals surface area contributed by atoms with Crippen molar-refractivity contribution in [2.75, 3.05) is 6.26 Å². The van der Waals surface area contributed by atoms with Crippen LogP contribution in [0.5, 0.6) is 0 Å². The zero-order valence-electron chi connectivity index (χ0n) is 9.51. The van der Waals surface area contributed by atoms with Crippen molar-refractivity contribution in [1.82, 2.24) is 9.97 Å². The molecule has 18 heavy (non-hydrogen) atoms. The SMILES string of the molecule is CSC1=NC(=O)/C(=C/c2c[nH]c3ncccc23)S1. The average Bonchev–Trinajstić information content (AvgIpc) is 2.95. The highest BCUT2D eigenvalue weighted by molar-refractivity contribution is 8.40. The van der Waals surface area contributed by atoms with E-state index >= 15 is 0 Å². The minimum atomic E-state index is -0.164. The van der Waals surface area contributed by atoms with E-state index in [0.29, 0.717) is 4.91 Å². The molecule has 0 fully saturated rings. The number of aromatic nitrogens is 2. The van der Waals surface area contributed by atoms with Crippen LogP contribution in [0.15, 0.2) is 34.4 Å². The van der Waals surface area contributed by atoms with Gasteiger partial charge in [-0.3, -0.25) is 4.79 Å². The van der Waals surface area contributed by atoms with Gasteiger partial charge in [0.25, 0.3) is 5.91 Å². The summed E-state index contributed by atoms with van der Waals surface area (Å²) in [5.74, 6) is -0.164. The molecular weight excluding hydrogens is 266 g/mol. The molecule has 0 saturated carbocycles. The molecule has 0 radical (unpaired) electrons. The number of H-pyrrole nitrogens is 1. The van der Waals surface area contributed by atoms with Crippen molar-refractivity contribution < 1.29 is 4.79 Å². The van der Waals surface area contributed by atoms with E-state index in [-0.39, 0.29) is 5.91 Å². The van der Waals surface area contributed by atoms with Gasteiger partial charge in [-0.15, -0.1) is 11.8 Å². The lowest BCUT2D eigenvalue weighted by molar-refractivity contribution is -0.113. The van der Waals surface area contributed by atoms with Gasteiger partial charge in [-0.2, -0.15) is 4.99 Å². The van der Waals surface area contributed by atoms with Gasteiger partial charge in [0, 0.05) is 23.3 Å². The number of amides is 1. The number of hydrogen-bond donors (Lipinski definition) is 1. The number of thioether (sulfide) groups is 2. The fourth-order valence-corrected chi connectivity index (χ4v) is 3.13. The highest BCUT2D eigenvalue weighted by Gasteiger charge is 2.21.